The van der Waals surface area contributed by atoms with Crippen molar-refractivity contribution in [1.29, 1.82) is 0 Å². The predicted molar refractivity (Wildman–Crippen MR) is 142 cm³/mol. The lowest BCUT2D eigenvalue weighted by atomic mass is 10.1. The van der Waals surface area contributed by atoms with Crippen LogP contribution in [0.5, 0.6) is 0 Å². The number of aromatic nitrogens is 3. The fourth-order valence-corrected chi connectivity index (χ4v) is 4.47. The van der Waals surface area contributed by atoms with Gasteiger partial charge in [-0.1, -0.05) is 31.2 Å². The van der Waals surface area contributed by atoms with Crippen molar-refractivity contribution in [3.8, 4) is 22.3 Å². The molecule has 2 aromatic carbocycles. The molecule has 8 nitrogen and oxygen atoms in total. The highest BCUT2D eigenvalue weighted by molar-refractivity contribution is 5.91. The number of nitrogens with one attached hydrogen (secondary N) is 1. The Hall–Kier alpha value is -3.91. The molecule has 8 heteroatoms. The maximum absolute atomic E-state index is 11.8. The van der Waals surface area contributed by atoms with E-state index in [4.69, 9.17) is 10.7 Å². The second-order valence-corrected chi connectivity index (χ2v) is 9.06. The van der Waals surface area contributed by atoms with Gasteiger partial charge in [-0.2, -0.15) is 9.61 Å². The van der Waals surface area contributed by atoms with Crippen LogP contribution in [0.15, 0.2) is 60.9 Å². The van der Waals surface area contributed by atoms with Crippen molar-refractivity contribution in [2.45, 2.75) is 19.8 Å². The Morgan fingerprint density at radius 2 is 1.60 bits per heavy atom. The standard InChI is InChI=1S/C27H31N7O/c1-3-4-25(35)31-21-9-5-19(6-10-21)23-17-29-27-24(18-30-34(27)26(23)28)20-7-11-22(12-8-20)33-15-13-32(2)14-16-33/h5-12,17-18H,3-4,13-16,28H2,1-2H3,(H,31,35). The maximum atomic E-state index is 11.8. The first kappa shape index (κ1) is 22.9. The summed E-state index contributed by atoms with van der Waals surface area (Å²) in [7, 11) is 2.17. The van der Waals surface area contributed by atoms with Crippen LogP contribution in [0.3, 0.4) is 0 Å². The van der Waals surface area contributed by atoms with E-state index in [1.165, 1.54) is 5.69 Å². The number of piperazine rings is 1. The molecule has 0 unspecified atom stereocenters. The molecule has 5 rings (SSSR count). The fourth-order valence-electron chi connectivity index (χ4n) is 4.47. The summed E-state index contributed by atoms with van der Waals surface area (Å²) in [5.74, 6) is 0.543. The average molecular weight is 470 g/mol. The minimum absolute atomic E-state index is 0.0171. The van der Waals surface area contributed by atoms with Gasteiger partial charge in [0.05, 0.1) is 6.20 Å². The predicted octanol–water partition coefficient (Wildman–Crippen LogP) is 4.14. The summed E-state index contributed by atoms with van der Waals surface area (Å²) in [4.78, 5) is 21.3. The summed E-state index contributed by atoms with van der Waals surface area (Å²) >= 11 is 0. The van der Waals surface area contributed by atoms with Crippen LogP contribution in [0.4, 0.5) is 17.2 Å². The number of nitrogens with zero attached hydrogens (tertiary/aromatic N) is 5. The Kier molecular flexibility index (Phi) is 6.37. The number of rotatable bonds is 6. The molecule has 1 saturated heterocycles. The van der Waals surface area contributed by atoms with Crippen LogP contribution in [0.2, 0.25) is 0 Å². The number of nitrogens with two attached hydrogens (primary N) is 1. The third kappa shape index (κ3) is 4.70. The molecule has 0 atom stereocenters. The zero-order valence-corrected chi connectivity index (χ0v) is 20.2. The van der Waals surface area contributed by atoms with Gasteiger partial charge in [-0.3, -0.25) is 4.79 Å². The van der Waals surface area contributed by atoms with E-state index < -0.39 is 0 Å². The van der Waals surface area contributed by atoms with Gasteiger partial charge in [0.15, 0.2) is 5.65 Å². The van der Waals surface area contributed by atoms with Crippen LogP contribution >= 0.6 is 0 Å². The number of anilines is 3. The highest BCUT2D eigenvalue weighted by atomic mass is 16.1. The van der Waals surface area contributed by atoms with Gasteiger partial charge in [0.2, 0.25) is 5.91 Å². The molecule has 0 aliphatic carbocycles. The van der Waals surface area contributed by atoms with Gasteiger partial charge in [-0.15, -0.1) is 0 Å². The van der Waals surface area contributed by atoms with Gasteiger partial charge in [-0.25, -0.2) is 4.98 Å². The second kappa shape index (κ2) is 9.76. The van der Waals surface area contributed by atoms with E-state index in [1.54, 1.807) is 10.7 Å². The molecule has 0 radical (unpaired) electrons. The van der Waals surface area contributed by atoms with Crippen molar-refractivity contribution < 1.29 is 4.79 Å². The topological polar surface area (TPSA) is 91.8 Å². The van der Waals surface area contributed by atoms with E-state index in [2.05, 4.69) is 51.5 Å². The van der Waals surface area contributed by atoms with Gasteiger partial charge in [0, 0.05) is 61.3 Å². The molecule has 0 saturated carbocycles. The van der Waals surface area contributed by atoms with Crippen LogP contribution in [0, 0.1) is 0 Å². The minimum Gasteiger partial charge on any atom is -0.383 e. The van der Waals surface area contributed by atoms with Crippen molar-refractivity contribution in [3.05, 3.63) is 60.9 Å². The van der Waals surface area contributed by atoms with Crippen LogP contribution in [-0.4, -0.2) is 58.6 Å². The molecule has 180 valence electrons. The summed E-state index contributed by atoms with van der Waals surface area (Å²) in [5.41, 5.74) is 13.0. The molecule has 3 heterocycles. The van der Waals surface area contributed by atoms with E-state index in [0.717, 1.165) is 66.2 Å². The largest absolute Gasteiger partial charge is 0.383 e. The number of hydrogen-bond acceptors (Lipinski definition) is 6. The summed E-state index contributed by atoms with van der Waals surface area (Å²) in [6, 6.07) is 16.2. The summed E-state index contributed by atoms with van der Waals surface area (Å²) < 4.78 is 1.69. The quantitative estimate of drug-likeness (QED) is 0.441. The Morgan fingerprint density at radius 1 is 0.943 bits per heavy atom. The van der Waals surface area contributed by atoms with Crippen LogP contribution < -0.4 is 16.0 Å². The first-order chi connectivity index (χ1) is 17.0. The highest BCUT2D eigenvalue weighted by Gasteiger charge is 2.16. The van der Waals surface area contributed by atoms with E-state index in [-0.39, 0.29) is 5.91 Å². The normalized spacial score (nSPS) is 14.4. The lowest BCUT2D eigenvalue weighted by molar-refractivity contribution is -0.116. The second-order valence-electron chi connectivity index (χ2n) is 9.06. The number of hydrogen-bond donors (Lipinski definition) is 2. The summed E-state index contributed by atoms with van der Waals surface area (Å²) in [6.45, 7) is 6.23. The molecule has 1 amide bonds. The van der Waals surface area contributed by atoms with Crippen molar-refractivity contribution in [2.24, 2.45) is 0 Å². The molecule has 1 aliphatic heterocycles. The fraction of sp³-hybridized carbons (Fsp3) is 0.296. The van der Waals surface area contributed by atoms with Gasteiger partial charge < -0.3 is 20.9 Å². The Morgan fingerprint density at radius 3 is 2.29 bits per heavy atom. The van der Waals surface area contributed by atoms with Gasteiger partial charge in [-0.05, 0) is 48.9 Å². The number of carbonyl (C=O) groups excluding carboxylic acids is 1. The molecular formula is C27H31N7O. The summed E-state index contributed by atoms with van der Waals surface area (Å²) in [6.07, 6.45) is 4.94. The molecule has 3 N–H and O–H groups in total. The number of fused-ring (bicyclic) bond motifs is 1. The first-order valence-corrected chi connectivity index (χ1v) is 12.1. The smallest absolute Gasteiger partial charge is 0.224 e. The molecule has 1 aliphatic rings. The Balaban J connectivity index is 1.38. The number of benzene rings is 2. The molecule has 1 fully saturated rings. The third-order valence-corrected chi connectivity index (χ3v) is 6.57. The monoisotopic (exact) mass is 469 g/mol. The minimum atomic E-state index is 0.0171. The van der Waals surface area contributed by atoms with Gasteiger partial charge in [0.1, 0.15) is 5.82 Å². The van der Waals surface area contributed by atoms with E-state index in [1.807, 2.05) is 37.4 Å². The van der Waals surface area contributed by atoms with E-state index >= 15 is 0 Å². The zero-order chi connectivity index (χ0) is 24.4. The van der Waals surface area contributed by atoms with E-state index in [9.17, 15) is 4.79 Å². The van der Waals surface area contributed by atoms with Crippen molar-refractivity contribution in [1.82, 2.24) is 19.5 Å². The van der Waals surface area contributed by atoms with Crippen molar-refractivity contribution in [3.63, 3.8) is 0 Å². The number of amides is 1. The van der Waals surface area contributed by atoms with Crippen molar-refractivity contribution in [2.75, 3.05) is 49.2 Å². The summed E-state index contributed by atoms with van der Waals surface area (Å²) in [5, 5.41) is 7.44. The maximum Gasteiger partial charge on any atom is 0.224 e. The molecule has 35 heavy (non-hydrogen) atoms. The zero-order valence-electron chi connectivity index (χ0n) is 20.2. The van der Waals surface area contributed by atoms with E-state index in [0.29, 0.717) is 12.2 Å². The SMILES string of the molecule is CCCC(=O)Nc1ccc(-c2cnc3c(-c4ccc(N5CCN(C)CC5)cc4)cnn3c2N)cc1. The van der Waals surface area contributed by atoms with Crippen LogP contribution in [-0.2, 0) is 4.79 Å². The van der Waals surface area contributed by atoms with Crippen LogP contribution in [0.25, 0.3) is 27.9 Å². The molecule has 4 aromatic rings. The van der Waals surface area contributed by atoms with Crippen molar-refractivity contribution >= 4 is 28.7 Å². The third-order valence-electron chi connectivity index (χ3n) is 6.57. The lowest BCUT2D eigenvalue weighted by Gasteiger charge is -2.34. The highest BCUT2D eigenvalue weighted by Crippen LogP contribution is 2.31. The average Bonchev–Trinajstić information content (AvgIpc) is 3.31. The molecule has 0 bridgehead atoms. The Labute approximate surface area is 205 Å². The number of carbonyl (C=O) groups is 1. The van der Waals surface area contributed by atoms with Crippen LogP contribution in [0.1, 0.15) is 19.8 Å². The van der Waals surface area contributed by atoms with Gasteiger partial charge in [0.25, 0.3) is 0 Å². The van der Waals surface area contributed by atoms with Gasteiger partial charge >= 0.3 is 0 Å². The molecule has 2 aromatic heterocycles. The number of nitrogen functional groups attached to an aromatic ring is 1. The first-order valence-electron chi connectivity index (χ1n) is 12.1. The lowest BCUT2D eigenvalue weighted by Crippen LogP contribution is -2.44. The number of likely N-dealkylation sites (N-methyl/N-ethyl adjacent to an activating group) is 1. The molecular weight excluding hydrogens is 438 g/mol. The Bertz CT molecular complexity index is 1320. The molecule has 0 spiro atoms.